The van der Waals surface area contributed by atoms with Gasteiger partial charge in [0.2, 0.25) is 18.0 Å². The van der Waals surface area contributed by atoms with E-state index in [1.807, 2.05) is 60.7 Å². The van der Waals surface area contributed by atoms with Crippen LogP contribution in [0.15, 0.2) is 60.7 Å². The number of benzene rings is 2. The van der Waals surface area contributed by atoms with E-state index >= 15 is 0 Å². The fourth-order valence-corrected chi connectivity index (χ4v) is 3.46. The summed E-state index contributed by atoms with van der Waals surface area (Å²) in [5.74, 6) is -1.85. The predicted molar refractivity (Wildman–Crippen MR) is 117 cm³/mol. The summed E-state index contributed by atoms with van der Waals surface area (Å²) >= 11 is 0. The lowest BCUT2D eigenvalue weighted by Crippen LogP contribution is -2.79. The number of rotatable bonds is 9. The lowest BCUT2D eigenvalue weighted by Gasteiger charge is -2.45. The smallest absolute Gasteiger partial charge is 0.304 e. The number of esters is 1. The van der Waals surface area contributed by atoms with Crippen LogP contribution in [0.1, 0.15) is 31.4 Å². The van der Waals surface area contributed by atoms with E-state index in [-0.39, 0.29) is 18.7 Å². The Labute approximate surface area is 186 Å². The first-order valence-corrected chi connectivity index (χ1v) is 10.5. The van der Waals surface area contributed by atoms with Crippen molar-refractivity contribution in [3.8, 4) is 0 Å². The SMILES string of the molecule is CC(=O)O[C@@H]1NC(=O)[C@@]1(C)NC(=O)[C@H](Cc1ccccc1)NC(=O)CCc1ccccc1. The Morgan fingerprint density at radius 1 is 1.03 bits per heavy atom. The number of carbonyl (C=O) groups excluding carboxylic acids is 4. The maximum absolute atomic E-state index is 13.1. The van der Waals surface area contributed by atoms with E-state index in [9.17, 15) is 19.2 Å². The molecule has 0 aliphatic carbocycles. The molecule has 8 heteroatoms. The molecule has 0 saturated carbocycles. The van der Waals surface area contributed by atoms with Crippen molar-refractivity contribution in [1.29, 1.82) is 0 Å². The van der Waals surface area contributed by atoms with Gasteiger partial charge < -0.3 is 20.7 Å². The van der Waals surface area contributed by atoms with Crippen LogP contribution in [0, 0.1) is 0 Å². The zero-order chi connectivity index (χ0) is 23.1. The van der Waals surface area contributed by atoms with Crippen LogP contribution in [-0.2, 0) is 36.8 Å². The first-order valence-electron chi connectivity index (χ1n) is 10.5. The van der Waals surface area contributed by atoms with Crippen LogP contribution < -0.4 is 16.0 Å². The molecule has 2 aromatic carbocycles. The van der Waals surface area contributed by atoms with E-state index < -0.39 is 35.6 Å². The second kappa shape index (κ2) is 10.1. The summed E-state index contributed by atoms with van der Waals surface area (Å²) in [6.07, 6.45) is 0.0412. The van der Waals surface area contributed by atoms with Gasteiger partial charge in [-0.1, -0.05) is 60.7 Å². The van der Waals surface area contributed by atoms with Crippen molar-refractivity contribution in [2.24, 2.45) is 0 Å². The van der Waals surface area contributed by atoms with Gasteiger partial charge >= 0.3 is 5.97 Å². The molecular formula is C24H27N3O5. The van der Waals surface area contributed by atoms with Crippen LogP contribution in [0.2, 0.25) is 0 Å². The van der Waals surface area contributed by atoms with Gasteiger partial charge in [-0.05, 0) is 24.5 Å². The summed E-state index contributed by atoms with van der Waals surface area (Å²) in [4.78, 5) is 49.1. The molecule has 0 radical (unpaired) electrons. The third-order valence-corrected chi connectivity index (χ3v) is 5.34. The largest absolute Gasteiger partial charge is 0.439 e. The summed E-state index contributed by atoms with van der Waals surface area (Å²) in [5.41, 5.74) is 0.470. The highest BCUT2D eigenvalue weighted by Crippen LogP contribution is 2.22. The number of hydrogen-bond donors (Lipinski definition) is 3. The predicted octanol–water partition coefficient (Wildman–Crippen LogP) is 1.24. The number of aryl methyl sites for hydroxylation is 1. The van der Waals surface area contributed by atoms with Crippen molar-refractivity contribution in [2.45, 2.75) is 50.9 Å². The van der Waals surface area contributed by atoms with Gasteiger partial charge in [0.15, 0.2) is 5.54 Å². The minimum Gasteiger partial charge on any atom is -0.439 e. The zero-order valence-electron chi connectivity index (χ0n) is 18.1. The van der Waals surface area contributed by atoms with Gasteiger partial charge in [0.25, 0.3) is 5.91 Å². The van der Waals surface area contributed by atoms with Crippen LogP contribution in [0.25, 0.3) is 0 Å². The molecule has 3 amide bonds. The Morgan fingerprint density at radius 3 is 2.19 bits per heavy atom. The van der Waals surface area contributed by atoms with Crippen molar-refractivity contribution < 1.29 is 23.9 Å². The molecule has 32 heavy (non-hydrogen) atoms. The number of amides is 3. The minimum absolute atomic E-state index is 0.219. The number of hydrogen-bond acceptors (Lipinski definition) is 5. The molecule has 3 N–H and O–H groups in total. The maximum Gasteiger partial charge on any atom is 0.304 e. The second-order valence-electron chi connectivity index (χ2n) is 7.95. The van der Waals surface area contributed by atoms with Gasteiger partial charge in [-0.15, -0.1) is 0 Å². The highest BCUT2D eigenvalue weighted by molar-refractivity contribution is 5.99. The number of ether oxygens (including phenoxy) is 1. The molecule has 1 fully saturated rings. The Morgan fingerprint density at radius 2 is 1.62 bits per heavy atom. The molecule has 1 aliphatic rings. The lowest BCUT2D eigenvalue weighted by atomic mass is 9.89. The third kappa shape index (κ3) is 5.72. The Balaban J connectivity index is 1.68. The summed E-state index contributed by atoms with van der Waals surface area (Å²) in [6.45, 7) is 2.70. The Kier molecular flexibility index (Phi) is 7.25. The zero-order valence-corrected chi connectivity index (χ0v) is 18.1. The third-order valence-electron chi connectivity index (χ3n) is 5.34. The van der Waals surface area contributed by atoms with Crippen molar-refractivity contribution in [3.63, 3.8) is 0 Å². The van der Waals surface area contributed by atoms with Gasteiger partial charge in [-0.2, -0.15) is 0 Å². The quantitative estimate of drug-likeness (QED) is 0.404. The van der Waals surface area contributed by atoms with Crippen molar-refractivity contribution in [2.75, 3.05) is 0 Å². The summed E-state index contributed by atoms with van der Waals surface area (Å²) in [7, 11) is 0. The highest BCUT2D eigenvalue weighted by Gasteiger charge is 2.55. The van der Waals surface area contributed by atoms with E-state index in [2.05, 4.69) is 16.0 Å². The Bertz CT molecular complexity index is 980. The molecule has 1 aliphatic heterocycles. The normalized spacial score (nSPS) is 20.3. The molecule has 1 saturated heterocycles. The highest BCUT2D eigenvalue weighted by atomic mass is 16.6. The monoisotopic (exact) mass is 437 g/mol. The topological polar surface area (TPSA) is 114 Å². The molecular weight excluding hydrogens is 410 g/mol. The first kappa shape index (κ1) is 23.0. The van der Waals surface area contributed by atoms with Crippen LogP contribution in [0.3, 0.4) is 0 Å². The van der Waals surface area contributed by atoms with E-state index in [0.717, 1.165) is 11.1 Å². The van der Waals surface area contributed by atoms with Crippen molar-refractivity contribution in [3.05, 3.63) is 71.8 Å². The lowest BCUT2D eigenvalue weighted by molar-refractivity contribution is -0.173. The van der Waals surface area contributed by atoms with E-state index in [4.69, 9.17) is 4.74 Å². The van der Waals surface area contributed by atoms with E-state index in [1.54, 1.807) is 0 Å². The van der Waals surface area contributed by atoms with Crippen molar-refractivity contribution >= 4 is 23.7 Å². The molecule has 1 heterocycles. The van der Waals surface area contributed by atoms with E-state index in [0.29, 0.717) is 6.42 Å². The van der Waals surface area contributed by atoms with Gasteiger partial charge in [0.1, 0.15) is 6.04 Å². The molecule has 3 atom stereocenters. The fraction of sp³-hybridized carbons (Fsp3) is 0.333. The summed E-state index contributed by atoms with van der Waals surface area (Å²) < 4.78 is 5.07. The molecule has 0 aromatic heterocycles. The van der Waals surface area contributed by atoms with Gasteiger partial charge in [-0.3, -0.25) is 19.2 Å². The van der Waals surface area contributed by atoms with Gasteiger partial charge in [0.05, 0.1) is 0 Å². The van der Waals surface area contributed by atoms with E-state index in [1.165, 1.54) is 13.8 Å². The first-order chi connectivity index (χ1) is 15.3. The Hall–Kier alpha value is -3.68. The van der Waals surface area contributed by atoms with Crippen LogP contribution in [0.5, 0.6) is 0 Å². The van der Waals surface area contributed by atoms with Crippen molar-refractivity contribution in [1.82, 2.24) is 16.0 Å². The molecule has 0 unspecified atom stereocenters. The van der Waals surface area contributed by atoms with Gasteiger partial charge in [0, 0.05) is 19.8 Å². The average Bonchev–Trinajstić information content (AvgIpc) is 2.78. The number of carbonyl (C=O) groups is 4. The standard InChI is InChI=1S/C24H27N3O5/c1-16(28)32-23-24(2,22(31)26-23)27-21(30)19(15-18-11-7-4-8-12-18)25-20(29)14-13-17-9-5-3-6-10-17/h3-12,19,23H,13-15H2,1-2H3,(H,25,29)(H,26,31)(H,27,30)/t19-,23-,24+/m0/s1. The average molecular weight is 437 g/mol. The minimum atomic E-state index is -1.41. The van der Waals surface area contributed by atoms with Crippen LogP contribution in [0.4, 0.5) is 0 Å². The fourth-order valence-electron chi connectivity index (χ4n) is 3.46. The van der Waals surface area contributed by atoms with Crippen LogP contribution in [-0.4, -0.2) is 41.5 Å². The number of β-lactam (4-membered cyclic amide) rings is 1. The molecule has 3 rings (SSSR count). The summed E-state index contributed by atoms with van der Waals surface area (Å²) in [6, 6.07) is 18.0. The summed E-state index contributed by atoms with van der Waals surface area (Å²) in [5, 5.41) is 7.89. The molecule has 0 bridgehead atoms. The van der Waals surface area contributed by atoms with Gasteiger partial charge in [-0.25, -0.2) is 0 Å². The molecule has 8 nitrogen and oxygen atoms in total. The molecule has 168 valence electrons. The maximum atomic E-state index is 13.1. The molecule has 0 spiro atoms. The van der Waals surface area contributed by atoms with Crippen LogP contribution >= 0.6 is 0 Å². The second-order valence-corrected chi connectivity index (χ2v) is 7.95. The molecule has 2 aromatic rings. The number of nitrogens with one attached hydrogen (secondary N) is 3.